The Morgan fingerprint density at radius 1 is 1.03 bits per heavy atom. The standard InChI is InChI=1S/C22H17FN4O2/c1-14-7-2-3-10-17(14)21(29)25-22-24-20(18-11-4-5-12-19(18)28)26-27(22)16-9-6-8-15(23)13-16/h2-13,28H,1H3,(H,24,25,26,29). The van der Waals surface area contributed by atoms with Crippen LogP contribution in [0.2, 0.25) is 0 Å². The van der Waals surface area contributed by atoms with Gasteiger partial charge in [0.25, 0.3) is 5.91 Å². The van der Waals surface area contributed by atoms with Crippen molar-refractivity contribution < 1.29 is 14.3 Å². The average Bonchev–Trinajstić information content (AvgIpc) is 3.12. The first-order valence-corrected chi connectivity index (χ1v) is 8.91. The molecular weight excluding hydrogens is 371 g/mol. The molecule has 4 aromatic rings. The number of aromatic hydroxyl groups is 1. The lowest BCUT2D eigenvalue weighted by Gasteiger charge is -2.08. The molecule has 144 valence electrons. The van der Waals surface area contributed by atoms with E-state index in [2.05, 4.69) is 15.4 Å². The summed E-state index contributed by atoms with van der Waals surface area (Å²) >= 11 is 0. The van der Waals surface area contributed by atoms with Gasteiger partial charge in [0.2, 0.25) is 5.95 Å². The van der Waals surface area contributed by atoms with Crippen LogP contribution in [0, 0.1) is 12.7 Å². The second kappa shape index (κ2) is 7.55. The zero-order valence-electron chi connectivity index (χ0n) is 15.5. The van der Waals surface area contributed by atoms with E-state index in [0.29, 0.717) is 16.8 Å². The number of anilines is 1. The Kier molecular flexibility index (Phi) is 4.78. The van der Waals surface area contributed by atoms with Gasteiger partial charge in [-0.15, -0.1) is 5.10 Å². The number of para-hydroxylation sites is 1. The Hall–Kier alpha value is -4.00. The minimum absolute atomic E-state index is 0.000623. The van der Waals surface area contributed by atoms with Crippen molar-refractivity contribution in [1.29, 1.82) is 0 Å². The van der Waals surface area contributed by atoms with E-state index >= 15 is 0 Å². The number of hydrogen-bond acceptors (Lipinski definition) is 4. The van der Waals surface area contributed by atoms with Crippen LogP contribution in [0.4, 0.5) is 10.3 Å². The number of phenols is 1. The summed E-state index contributed by atoms with van der Waals surface area (Å²) in [7, 11) is 0. The maximum absolute atomic E-state index is 13.8. The monoisotopic (exact) mass is 388 g/mol. The van der Waals surface area contributed by atoms with Gasteiger partial charge < -0.3 is 5.11 Å². The average molecular weight is 388 g/mol. The van der Waals surface area contributed by atoms with Crippen molar-refractivity contribution in [2.45, 2.75) is 6.92 Å². The van der Waals surface area contributed by atoms with Crippen molar-refractivity contribution >= 4 is 11.9 Å². The van der Waals surface area contributed by atoms with Gasteiger partial charge in [-0.05, 0) is 48.9 Å². The molecule has 0 spiro atoms. The third-order valence-corrected chi connectivity index (χ3v) is 4.42. The minimum atomic E-state index is -0.446. The Morgan fingerprint density at radius 3 is 2.55 bits per heavy atom. The van der Waals surface area contributed by atoms with E-state index in [1.165, 1.54) is 22.9 Å². The van der Waals surface area contributed by atoms with Crippen LogP contribution in [0.3, 0.4) is 0 Å². The third-order valence-electron chi connectivity index (χ3n) is 4.42. The van der Waals surface area contributed by atoms with E-state index < -0.39 is 5.82 Å². The summed E-state index contributed by atoms with van der Waals surface area (Å²) in [6.45, 7) is 1.83. The van der Waals surface area contributed by atoms with E-state index in [1.54, 1.807) is 42.5 Å². The van der Waals surface area contributed by atoms with Crippen molar-refractivity contribution in [3.05, 3.63) is 89.7 Å². The number of halogens is 1. The molecular formula is C22H17FN4O2. The van der Waals surface area contributed by atoms with Gasteiger partial charge in [-0.1, -0.05) is 36.4 Å². The Morgan fingerprint density at radius 2 is 1.79 bits per heavy atom. The Labute approximate surface area is 166 Å². The lowest BCUT2D eigenvalue weighted by molar-refractivity contribution is 0.102. The van der Waals surface area contributed by atoms with Crippen molar-refractivity contribution in [2.24, 2.45) is 0 Å². The first-order chi connectivity index (χ1) is 14.0. The molecule has 2 N–H and O–H groups in total. The summed E-state index contributed by atoms with van der Waals surface area (Å²) in [5, 5.41) is 17.3. The minimum Gasteiger partial charge on any atom is -0.507 e. The predicted octanol–water partition coefficient (Wildman–Crippen LogP) is 4.34. The van der Waals surface area contributed by atoms with Crippen LogP contribution < -0.4 is 5.32 Å². The van der Waals surface area contributed by atoms with E-state index in [4.69, 9.17) is 0 Å². The molecule has 0 saturated heterocycles. The molecule has 4 rings (SSSR count). The van der Waals surface area contributed by atoms with Crippen LogP contribution in [0.5, 0.6) is 5.75 Å². The van der Waals surface area contributed by atoms with E-state index in [-0.39, 0.29) is 23.4 Å². The fraction of sp³-hybridized carbons (Fsp3) is 0.0455. The van der Waals surface area contributed by atoms with E-state index in [1.807, 2.05) is 19.1 Å². The lowest BCUT2D eigenvalue weighted by atomic mass is 10.1. The van der Waals surface area contributed by atoms with Gasteiger partial charge in [0.05, 0.1) is 11.3 Å². The highest BCUT2D eigenvalue weighted by Crippen LogP contribution is 2.28. The quantitative estimate of drug-likeness (QED) is 0.545. The second-order valence-corrected chi connectivity index (χ2v) is 6.44. The summed E-state index contributed by atoms with van der Waals surface area (Å²) in [5.41, 5.74) is 2.08. The van der Waals surface area contributed by atoms with Gasteiger partial charge in [-0.25, -0.2) is 4.39 Å². The van der Waals surface area contributed by atoms with Gasteiger partial charge in [-0.2, -0.15) is 9.67 Å². The fourth-order valence-corrected chi connectivity index (χ4v) is 2.95. The maximum Gasteiger partial charge on any atom is 0.258 e. The third kappa shape index (κ3) is 3.70. The largest absolute Gasteiger partial charge is 0.507 e. The molecule has 0 aliphatic rings. The number of benzene rings is 3. The number of nitrogens with zero attached hydrogens (tertiary/aromatic N) is 3. The molecule has 3 aromatic carbocycles. The highest BCUT2D eigenvalue weighted by atomic mass is 19.1. The van der Waals surface area contributed by atoms with Crippen LogP contribution in [0.25, 0.3) is 17.1 Å². The molecule has 0 unspecified atom stereocenters. The lowest BCUT2D eigenvalue weighted by Crippen LogP contribution is -2.17. The predicted molar refractivity (Wildman–Crippen MR) is 108 cm³/mol. The molecule has 0 aliphatic carbocycles. The molecule has 0 saturated carbocycles. The first-order valence-electron chi connectivity index (χ1n) is 8.91. The number of rotatable bonds is 4. The van der Waals surface area contributed by atoms with Crippen LogP contribution in [-0.2, 0) is 0 Å². The van der Waals surface area contributed by atoms with Crippen molar-refractivity contribution in [2.75, 3.05) is 5.32 Å². The van der Waals surface area contributed by atoms with Crippen molar-refractivity contribution in [3.63, 3.8) is 0 Å². The number of aryl methyl sites for hydroxylation is 1. The van der Waals surface area contributed by atoms with Crippen LogP contribution in [0.15, 0.2) is 72.8 Å². The first kappa shape index (κ1) is 18.4. The maximum atomic E-state index is 13.8. The van der Waals surface area contributed by atoms with Gasteiger partial charge >= 0.3 is 0 Å². The normalized spacial score (nSPS) is 10.7. The van der Waals surface area contributed by atoms with Crippen molar-refractivity contribution in [1.82, 2.24) is 14.8 Å². The summed E-state index contributed by atoms with van der Waals surface area (Å²) in [6.07, 6.45) is 0. The summed E-state index contributed by atoms with van der Waals surface area (Å²) < 4.78 is 15.1. The number of carbonyl (C=O) groups excluding carboxylic acids is 1. The topological polar surface area (TPSA) is 80.0 Å². The number of phenolic OH excluding ortho intramolecular Hbond substituents is 1. The smallest absolute Gasteiger partial charge is 0.258 e. The molecule has 1 amide bonds. The molecule has 0 radical (unpaired) electrons. The second-order valence-electron chi connectivity index (χ2n) is 6.44. The fourth-order valence-electron chi connectivity index (χ4n) is 2.95. The zero-order chi connectivity index (χ0) is 20.4. The molecule has 29 heavy (non-hydrogen) atoms. The summed E-state index contributed by atoms with van der Waals surface area (Å²) in [6, 6.07) is 19.5. The number of amides is 1. The number of carbonyl (C=O) groups is 1. The molecule has 0 fully saturated rings. The molecule has 1 heterocycles. The molecule has 0 bridgehead atoms. The SMILES string of the molecule is Cc1ccccc1C(=O)Nc1nc(-c2ccccc2O)nn1-c1cccc(F)c1. The molecule has 6 nitrogen and oxygen atoms in total. The summed E-state index contributed by atoms with van der Waals surface area (Å²) in [5.74, 6) is -0.495. The molecule has 0 atom stereocenters. The van der Waals surface area contributed by atoms with Crippen LogP contribution in [0.1, 0.15) is 15.9 Å². The Balaban J connectivity index is 1.80. The van der Waals surface area contributed by atoms with Gasteiger partial charge in [0.15, 0.2) is 5.82 Å². The van der Waals surface area contributed by atoms with Crippen LogP contribution >= 0.6 is 0 Å². The highest BCUT2D eigenvalue weighted by molar-refractivity contribution is 6.04. The van der Waals surface area contributed by atoms with Gasteiger partial charge in [-0.3, -0.25) is 10.1 Å². The highest BCUT2D eigenvalue weighted by Gasteiger charge is 2.19. The summed E-state index contributed by atoms with van der Waals surface area (Å²) in [4.78, 5) is 17.2. The molecule has 0 aliphatic heterocycles. The zero-order valence-corrected chi connectivity index (χ0v) is 15.5. The number of aromatic nitrogens is 3. The van der Waals surface area contributed by atoms with E-state index in [0.717, 1.165) is 5.56 Å². The number of nitrogens with one attached hydrogen (secondary N) is 1. The number of hydrogen-bond donors (Lipinski definition) is 2. The molecule has 1 aromatic heterocycles. The Bertz CT molecular complexity index is 1200. The van der Waals surface area contributed by atoms with Crippen LogP contribution in [-0.4, -0.2) is 25.8 Å². The van der Waals surface area contributed by atoms with Gasteiger partial charge in [0.1, 0.15) is 11.6 Å². The molecule has 7 heteroatoms. The van der Waals surface area contributed by atoms with Gasteiger partial charge in [0, 0.05) is 5.56 Å². The van der Waals surface area contributed by atoms with Crippen molar-refractivity contribution in [3.8, 4) is 22.8 Å². The van der Waals surface area contributed by atoms with E-state index in [9.17, 15) is 14.3 Å².